The Labute approximate surface area is 156 Å². The Morgan fingerprint density at radius 1 is 1.35 bits per heavy atom. The molecular weight excluding hydrogens is 350 g/mol. The van der Waals surface area contributed by atoms with Gasteiger partial charge in [0.25, 0.3) is 0 Å². The van der Waals surface area contributed by atoms with Gasteiger partial charge in [0, 0.05) is 42.8 Å². The van der Waals surface area contributed by atoms with Crippen molar-refractivity contribution in [3.05, 3.63) is 35.7 Å². The van der Waals surface area contributed by atoms with Crippen molar-refractivity contribution < 1.29 is 9.59 Å². The molecule has 1 saturated heterocycles. The van der Waals surface area contributed by atoms with Crippen molar-refractivity contribution in [2.24, 2.45) is 0 Å². The van der Waals surface area contributed by atoms with Crippen LogP contribution in [0.1, 0.15) is 24.1 Å². The molecule has 0 spiro atoms. The molecule has 2 aliphatic rings. The minimum atomic E-state index is -0.279. The van der Waals surface area contributed by atoms with E-state index in [9.17, 15) is 9.59 Å². The molecule has 2 aliphatic heterocycles. The van der Waals surface area contributed by atoms with Gasteiger partial charge < -0.3 is 20.1 Å². The minimum absolute atomic E-state index is 0.134. The molecule has 3 amide bonds. The number of carbonyl (C=O) groups is 2. The number of benzene rings is 1. The highest BCUT2D eigenvalue weighted by Gasteiger charge is 2.22. The number of nitrogens with zero attached hydrogens (tertiary/aromatic N) is 3. The van der Waals surface area contributed by atoms with Gasteiger partial charge in [-0.25, -0.2) is 9.78 Å². The fourth-order valence-corrected chi connectivity index (χ4v) is 4.18. The molecule has 3 heterocycles. The summed E-state index contributed by atoms with van der Waals surface area (Å²) in [7, 11) is 0. The highest BCUT2D eigenvalue weighted by molar-refractivity contribution is 7.99. The summed E-state index contributed by atoms with van der Waals surface area (Å²) >= 11 is 1.73. The Kier molecular flexibility index (Phi) is 4.58. The van der Waals surface area contributed by atoms with Gasteiger partial charge >= 0.3 is 6.03 Å². The number of anilines is 2. The normalized spacial score (nSPS) is 16.0. The summed E-state index contributed by atoms with van der Waals surface area (Å²) in [5, 5.41) is 6.74. The lowest BCUT2D eigenvalue weighted by molar-refractivity contribution is -0.117. The monoisotopic (exact) mass is 371 g/mol. The molecule has 4 rings (SSSR count). The Morgan fingerprint density at radius 2 is 2.23 bits per heavy atom. The maximum absolute atomic E-state index is 12.3. The van der Waals surface area contributed by atoms with Gasteiger partial charge in [-0.15, -0.1) is 0 Å². The maximum Gasteiger partial charge on any atom is 0.319 e. The lowest BCUT2D eigenvalue weighted by atomic mass is 10.1. The number of amides is 3. The van der Waals surface area contributed by atoms with Crippen LogP contribution in [0.25, 0.3) is 0 Å². The molecule has 136 valence electrons. The number of fused-ring (bicyclic) bond motifs is 1. The van der Waals surface area contributed by atoms with Gasteiger partial charge in [-0.2, -0.15) is 0 Å². The molecule has 7 nitrogen and oxygen atoms in total. The summed E-state index contributed by atoms with van der Waals surface area (Å²) in [4.78, 5) is 30.5. The summed E-state index contributed by atoms with van der Waals surface area (Å²) in [6.07, 6.45) is 3.45. The van der Waals surface area contributed by atoms with Crippen LogP contribution in [0.3, 0.4) is 0 Å². The average molecular weight is 371 g/mol. The predicted molar refractivity (Wildman–Crippen MR) is 102 cm³/mol. The summed E-state index contributed by atoms with van der Waals surface area (Å²) in [6.45, 7) is 4.02. The summed E-state index contributed by atoms with van der Waals surface area (Å²) < 4.78 is 2.11. The first-order chi connectivity index (χ1) is 12.6. The topological polar surface area (TPSA) is 79.3 Å². The third-order valence-electron chi connectivity index (χ3n) is 4.64. The largest absolute Gasteiger partial charge is 0.332 e. The molecule has 0 bridgehead atoms. The van der Waals surface area contributed by atoms with Crippen molar-refractivity contribution >= 4 is 35.1 Å². The number of hydrogen-bond donors (Lipinski definition) is 2. The van der Waals surface area contributed by atoms with Gasteiger partial charge in [-0.3, -0.25) is 4.79 Å². The van der Waals surface area contributed by atoms with Crippen LogP contribution in [0.15, 0.2) is 29.6 Å². The van der Waals surface area contributed by atoms with Crippen LogP contribution >= 0.6 is 11.8 Å². The van der Waals surface area contributed by atoms with Gasteiger partial charge in [0.2, 0.25) is 5.91 Å². The number of thioether (sulfide) groups is 1. The fraction of sp³-hybridized carbons (Fsp3) is 0.389. The number of urea groups is 1. The molecule has 0 unspecified atom stereocenters. The quantitative estimate of drug-likeness (QED) is 0.866. The van der Waals surface area contributed by atoms with E-state index in [2.05, 4.69) is 20.2 Å². The number of hydrogen-bond acceptors (Lipinski definition) is 4. The molecular formula is C18H21N5O2S. The van der Waals surface area contributed by atoms with E-state index in [0.717, 1.165) is 47.4 Å². The second kappa shape index (κ2) is 7.03. The number of imidazole rings is 1. The summed E-state index contributed by atoms with van der Waals surface area (Å²) in [6, 6.07) is 5.43. The Balaban J connectivity index is 1.39. The number of nitrogens with one attached hydrogen (secondary N) is 2. The molecule has 0 aliphatic carbocycles. The van der Waals surface area contributed by atoms with Crippen molar-refractivity contribution in [2.75, 3.05) is 22.5 Å². The van der Waals surface area contributed by atoms with Crippen molar-refractivity contribution in [1.29, 1.82) is 0 Å². The van der Waals surface area contributed by atoms with E-state index >= 15 is 0 Å². The molecule has 0 radical (unpaired) electrons. The smallest absolute Gasteiger partial charge is 0.319 e. The third kappa shape index (κ3) is 3.41. The van der Waals surface area contributed by atoms with Crippen molar-refractivity contribution in [3.8, 4) is 0 Å². The lowest BCUT2D eigenvalue weighted by Gasteiger charge is -2.18. The number of aryl methyl sites for hydroxylation is 2. The first-order valence-corrected chi connectivity index (χ1v) is 9.73. The zero-order valence-electron chi connectivity index (χ0n) is 14.6. The van der Waals surface area contributed by atoms with E-state index in [4.69, 9.17) is 0 Å². The Hall–Kier alpha value is -2.48. The van der Waals surface area contributed by atoms with Crippen LogP contribution in [0, 0.1) is 6.92 Å². The minimum Gasteiger partial charge on any atom is -0.332 e. The molecule has 0 atom stereocenters. The van der Waals surface area contributed by atoms with Crippen LogP contribution < -0.4 is 15.5 Å². The number of rotatable bonds is 4. The Morgan fingerprint density at radius 3 is 3.00 bits per heavy atom. The van der Waals surface area contributed by atoms with E-state index in [1.807, 2.05) is 31.3 Å². The van der Waals surface area contributed by atoms with Crippen LogP contribution in [0.4, 0.5) is 16.2 Å². The molecule has 2 N–H and O–H groups in total. The Bertz CT molecular complexity index is 842. The van der Waals surface area contributed by atoms with E-state index in [-0.39, 0.29) is 11.9 Å². The van der Waals surface area contributed by atoms with Gasteiger partial charge in [-0.1, -0.05) is 17.8 Å². The molecule has 26 heavy (non-hydrogen) atoms. The van der Waals surface area contributed by atoms with Gasteiger partial charge in [0.1, 0.15) is 0 Å². The lowest BCUT2D eigenvalue weighted by Crippen LogP contribution is -2.29. The van der Waals surface area contributed by atoms with E-state index in [0.29, 0.717) is 18.7 Å². The highest BCUT2D eigenvalue weighted by atomic mass is 32.2. The van der Waals surface area contributed by atoms with E-state index < -0.39 is 0 Å². The second-order valence-electron chi connectivity index (χ2n) is 6.51. The molecule has 1 aromatic heterocycles. The van der Waals surface area contributed by atoms with E-state index in [1.54, 1.807) is 16.7 Å². The number of aromatic nitrogens is 2. The third-order valence-corrected chi connectivity index (χ3v) is 5.61. The molecule has 1 aromatic carbocycles. The van der Waals surface area contributed by atoms with E-state index in [1.165, 1.54) is 0 Å². The SMILES string of the molecule is Cc1ccc(N2CCCC2=O)cc1NC(=O)NCc1cn2c(n1)SCC2. The molecule has 8 heteroatoms. The predicted octanol–water partition coefficient (Wildman–Crippen LogP) is 2.75. The van der Waals surface area contributed by atoms with Gasteiger partial charge in [0.15, 0.2) is 5.16 Å². The first kappa shape index (κ1) is 17.0. The maximum atomic E-state index is 12.3. The summed E-state index contributed by atoms with van der Waals surface area (Å²) in [5.74, 6) is 1.20. The van der Waals surface area contributed by atoms with Crippen LogP contribution in [-0.4, -0.2) is 33.8 Å². The van der Waals surface area contributed by atoms with Crippen molar-refractivity contribution in [1.82, 2.24) is 14.9 Å². The molecule has 0 saturated carbocycles. The standard InChI is InChI=1S/C18H21N5O2S/c1-12-4-5-14(23-6-2-3-16(23)24)9-15(12)21-17(25)19-10-13-11-22-7-8-26-18(22)20-13/h4-5,9,11H,2-3,6-8,10H2,1H3,(H2,19,21,25). The molecule has 1 fully saturated rings. The fourth-order valence-electron chi connectivity index (χ4n) is 3.22. The number of carbonyl (C=O) groups excluding carboxylic acids is 2. The van der Waals surface area contributed by atoms with Crippen LogP contribution in [0.5, 0.6) is 0 Å². The average Bonchev–Trinajstić information content (AvgIpc) is 3.31. The van der Waals surface area contributed by atoms with Crippen LogP contribution in [-0.2, 0) is 17.9 Å². The highest BCUT2D eigenvalue weighted by Crippen LogP contribution is 2.27. The van der Waals surface area contributed by atoms with Crippen molar-refractivity contribution in [2.45, 2.75) is 38.0 Å². The second-order valence-corrected chi connectivity index (χ2v) is 7.57. The van der Waals surface area contributed by atoms with Gasteiger partial charge in [-0.05, 0) is 31.0 Å². The zero-order chi connectivity index (χ0) is 18.1. The summed E-state index contributed by atoms with van der Waals surface area (Å²) in [5.41, 5.74) is 3.35. The van der Waals surface area contributed by atoms with Gasteiger partial charge in [0.05, 0.1) is 12.2 Å². The zero-order valence-corrected chi connectivity index (χ0v) is 15.4. The molecule has 2 aromatic rings. The first-order valence-electron chi connectivity index (χ1n) is 8.75. The van der Waals surface area contributed by atoms with Crippen LogP contribution in [0.2, 0.25) is 0 Å². The van der Waals surface area contributed by atoms with Crippen molar-refractivity contribution in [3.63, 3.8) is 0 Å².